The van der Waals surface area contributed by atoms with Crippen molar-refractivity contribution in [2.24, 2.45) is 5.92 Å². The minimum absolute atomic E-state index is 0.0608. The zero-order valence-electron chi connectivity index (χ0n) is 19.0. The van der Waals surface area contributed by atoms with Crippen LogP contribution >= 0.6 is 0 Å². The van der Waals surface area contributed by atoms with Gasteiger partial charge in [-0.25, -0.2) is 0 Å². The Hall–Kier alpha value is -3.02. The molecule has 2 aromatic rings. The number of nitrogens with one attached hydrogen (secondary N) is 1. The summed E-state index contributed by atoms with van der Waals surface area (Å²) in [6.07, 6.45) is 0.876. The number of nitrogens with zero attached hydrogens (tertiary/aromatic N) is 1. The van der Waals surface area contributed by atoms with E-state index in [1.54, 1.807) is 18.9 Å². The van der Waals surface area contributed by atoms with Crippen LogP contribution in [0.4, 0.5) is 0 Å². The van der Waals surface area contributed by atoms with Crippen molar-refractivity contribution in [1.29, 1.82) is 0 Å². The van der Waals surface area contributed by atoms with Crippen molar-refractivity contribution >= 4 is 11.8 Å². The third kappa shape index (κ3) is 8.32. The predicted octanol–water partition coefficient (Wildman–Crippen LogP) is 4.04. The summed E-state index contributed by atoms with van der Waals surface area (Å²) in [4.78, 5) is 27.3. The van der Waals surface area contributed by atoms with Crippen LogP contribution in [0.3, 0.4) is 0 Å². The van der Waals surface area contributed by atoms with Gasteiger partial charge in [0.25, 0.3) is 0 Å². The fourth-order valence-corrected chi connectivity index (χ4v) is 3.04. The summed E-state index contributed by atoms with van der Waals surface area (Å²) in [6, 6.07) is 16.5. The molecule has 2 rings (SSSR count). The molecule has 1 atom stereocenters. The molecule has 6 nitrogen and oxygen atoms in total. The maximum Gasteiger partial charge on any atom is 0.242 e. The van der Waals surface area contributed by atoms with Crippen molar-refractivity contribution in [3.63, 3.8) is 0 Å². The molecule has 0 saturated carbocycles. The topological polar surface area (TPSA) is 67.9 Å². The van der Waals surface area contributed by atoms with Gasteiger partial charge in [0.1, 0.15) is 17.5 Å². The normalized spacial score (nSPS) is 11.6. The highest BCUT2D eigenvalue weighted by Crippen LogP contribution is 2.17. The molecule has 2 aromatic carbocycles. The summed E-state index contributed by atoms with van der Waals surface area (Å²) in [7, 11) is 1.62. The molecular formula is C25H34N2O4. The van der Waals surface area contributed by atoms with Crippen LogP contribution in [0, 0.1) is 5.92 Å². The summed E-state index contributed by atoms with van der Waals surface area (Å²) in [5.41, 5.74) is 0.994. The van der Waals surface area contributed by atoms with Crippen LogP contribution in [0.5, 0.6) is 11.5 Å². The molecule has 1 N–H and O–H groups in total. The van der Waals surface area contributed by atoms with Gasteiger partial charge < -0.3 is 19.7 Å². The molecular weight excluding hydrogens is 392 g/mol. The predicted molar refractivity (Wildman–Crippen MR) is 122 cm³/mol. The first-order chi connectivity index (χ1) is 14.9. The molecule has 6 heteroatoms. The molecule has 0 fully saturated rings. The molecule has 0 radical (unpaired) electrons. The van der Waals surface area contributed by atoms with Gasteiger partial charge in [-0.2, -0.15) is 0 Å². The van der Waals surface area contributed by atoms with E-state index in [1.165, 1.54) is 0 Å². The van der Waals surface area contributed by atoms with Crippen LogP contribution in [-0.4, -0.2) is 43.0 Å². The zero-order valence-corrected chi connectivity index (χ0v) is 19.0. The van der Waals surface area contributed by atoms with Crippen molar-refractivity contribution in [2.45, 2.75) is 46.2 Å². The molecule has 1 unspecified atom stereocenters. The second-order valence-corrected chi connectivity index (χ2v) is 7.95. The number of carbonyl (C=O) groups excluding carboxylic acids is 2. The van der Waals surface area contributed by atoms with Crippen LogP contribution in [0.2, 0.25) is 0 Å². The lowest BCUT2D eigenvalue weighted by Gasteiger charge is -2.29. The average Bonchev–Trinajstić information content (AvgIpc) is 2.79. The smallest absolute Gasteiger partial charge is 0.242 e. The van der Waals surface area contributed by atoms with E-state index >= 15 is 0 Å². The molecule has 2 amide bonds. The summed E-state index contributed by atoms with van der Waals surface area (Å²) in [6.45, 7) is 7.28. The Labute approximate surface area is 185 Å². The fourth-order valence-electron chi connectivity index (χ4n) is 3.04. The minimum atomic E-state index is -0.547. The Balaban J connectivity index is 1.93. The van der Waals surface area contributed by atoms with Gasteiger partial charge in [0, 0.05) is 19.5 Å². The van der Waals surface area contributed by atoms with E-state index in [0.29, 0.717) is 38.5 Å². The van der Waals surface area contributed by atoms with Crippen molar-refractivity contribution in [1.82, 2.24) is 10.2 Å². The summed E-state index contributed by atoms with van der Waals surface area (Å²) in [5, 5.41) is 2.93. The van der Waals surface area contributed by atoms with E-state index in [9.17, 15) is 9.59 Å². The second kappa shape index (κ2) is 12.6. The molecule has 0 heterocycles. The second-order valence-electron chi connectivity index (χ2n) is 7.95. The van der Waals surface area contributed by atoms with Gasteiger partial charge in [-0.1, -0.05) is 44.2 Å². The Kier molecular flexibility index (Phi) is 9.88. The number of hydrogen-bond acceptors (Lipinski definition) is 4. The molecule has 0 saturated heterocycles. The highest BCUT2D eigenvalue weighted by molar-refractivity contribution is 5.87. The third-order valence-corrected chi connectivity index (χ3v) is 4.91. The van der Waals surface area contributed by atoms with Crippen molar-refractivity contribution in [3.05, 3.63) is 60.2 Å². The number of methoxy groups -OCH3 is 1. The van der Waals surface area contributed by atoms with E-state index in [2.05, 4.69) is 5.32 Å². The molecule has 31 heavy (non-hydrogen) atoms. The number of ether oxygens (including phenoxy) is 2. The number of benzene rings is 2. The Morgan fingerprint density at radius 3 is 2.23 bits per heavy atom. The van der Waals surface area contributed by atoms with Crippen LogP contribution in [0.15, 0.2) is 54.6 Å². The maximum atomic E-state index is 13.0. The van der Waals surface area contributed by atoms with Crippen LogP contribution < -0.4 is 14.8 Å². The molecule has 0 spiro atoms. The SMILES string of the molecule is COc1ccc(OCCCC(=O)N(Cc2ccccc2)C(C)C(=O)NCC(C)C)cc1. The van der Waals surface area contributed by atoms with Gasteiger partial charge in [-0.3, -0.25) is 9.59 Å². The standard InChI is InChI=1S/C25H34N2O4/c1-19(2)17-26-25(29)20(3)27(18-21-9-6-5-7-10-21)24(28)11-8-16-31-23-14-12-22(30-4)13-15-23/h5-7,9-10,12-15,19-20H,8,11,16-18H2,1-4H3,(H,26,29). The van der Waals surface area contributed by atoms with E-state index in [-0.39, 0.29) is 11.8 Å². The molecule has 0 aliphatic carbocycles. The van der Waals surface area contributed by atoms with Crippen molar-refractivity contribution in [3.8, 4) is 11.5 Å². The Bertz CT molecular complexity index is 806. The molecule has 0 bridgehead atoms. The molecule has 0 aliphatic heterocycles. The van der Waals surface area contributed by atoms with Crippen LogP contribution in [0.1, 0.15) is 39.2 Å². The minimum Gasteiger partial charge on any atom is -0.497 e. The summed E-state index contributed by atoms with van der Waals surface area (Å²) < 4.78 is 10.9. The first-order valence-corrected chi connectivity index (χ1v) is 10.8. The molecule has 168 valence electrons. The van der Waals surface area contributed by atoms with Crippen LogP contribution in [-0.2, 0) is 16.1 Å². The first-order valence-electron chi connectivity index (χ1n) is 10.8. The van der Waals surface area contributed by atoms with Crippen molar-refractivity contribution < 1.29 is 19.1 Å². The zero-order chi connectivity index (χ0) is 22.6. The quantitative estimate of drug-likeness (QED) is 0.520. The van der Waals surface area contributed by atoms with Gasteiger partial charge in [0.2, 0.25) is 11.8 Å². The molecule has 0 aliphatic rings. The van der Waals surface area contributed by atoms with Gasteiger partial charge in [0.15, 0.2) is 0 Å². The average molecular weight is 427 g/mol. The van der Waals surface area contributed by atoms with Crippen molar-refractivity contribution in [2.75, 3.05) is 20.3 Å². The monoisotopic (exact) mass is 426 g/mol. The summed E-state index contributed by atoms with van der Waals surface area (Å²) >= 11 is 0. The number of carbonyl (C=O) groups is 2. The van der Waals surface area contributed by atoms with Crippen LogP contribution in [0.25, 0.3) is 0 Å². The lowest BCUT2D eigenvalue weighted by Crippen LogP contribution is -2.48. The largest absolute Gasteiger partial charge is 0.497 e. The van der Waals surface area contributed by atoms with E-state index in [1.807, 2.05) is 68.4 Å². The highest BCUT2D eigenvalue weighted by Gasteiger charge is 2.25. The fraction of sp³-hybridized carbons (Fsp3) is 0.440. The van der Waals surface area contributed by atoms with Gasteiger partial charge in [0.05, 0.1) is 13.7 Å². The van der Waals surface area contributed by atoms with Gasteiger partial charge in [-0.15, -0.1) is 0 Å². The highest BCUT2D eigenvalue weighted by atomic mass is 16.5. The van der Waals surface area contributed by atoms with E-state index in [0.717, 1.165) is 17.1 Å². The Morgan fingerprint density at radius 2 is 1.61 bits per heavy atom. The van der Waals surface area contributed by atoms with Gasteiger partial charge >= 0.3 is 0 Å². The number of rotatable bonds is 12. The number of amides is 2. The lowest BCUT2D eigenvalue weighted by molar-refractivity contribution is -0.140. The van der Waals surface area contributed by atoms with Gasteiger partial charge in [-0.05, 0) is 49.1 Å². The first kappa shape index (κ1) is 24.3. The third-order valence-electron chi connectivity index (χ3n) is 4.91. The van der Waals surface area contributed by atoms with E-state index in [4.69, 9.17) is 9.47 Å². The summed E-state index contributed by atoms with van der Waals surface area (Å²) in [5.74, 6) is 1.66. The maximum absolute atomic E-state index is 13.0. The van der Waals surface area contributed by atoms with E-state index < -0.39 is 6.04 Å². The Morgan fingerprint density at radius 1 is 0.968 bits per heavy atom. The number of hydrogen-bond donors (Lipinski definition) is 1. The molecule has 0 aromatic heterocycles. The lowest BCUT2D eigenvalue weighted by atomic mass is 10.1.